The van der Waals surface area contributed by atoms with Gasteiger partial charge in [0.15, 0.2) is 24.8 Å². The molecule has 0 aromatic carbocycles. The van der Waals surface area contributed by atoms with Crippen LogP contribution in [0.1, 0.15) is 179 Å². The summed E-state index contributed by atoms with van der Waals surface area (Å²) in [7, 11) is 0. The molecular weight excluding hydrogens is 508 g/mol. The van der Waals surface area contributed by atoms with Crippen molar-refractivity contribution in [2.45, 2.75) is 194 Å². The first-order chi connectivity index (χ1) is 20.8. The second-order valence-corrected chi connectivity index (χ2v) is 13.2. The summed E-state index contributed by atoms with van der Waals surface area (Å²) in [5.74, 6) is 0. The molecule has 0 amide bonds. The molecule has 0 saturated carbocycles. The second kappa shape index (κ2) is 26.9. The second-order valence-electron chi connectivity index (χ2n) is 13.2. The van der Waals surface area contributed by atoms with E-state index < -0.39 is 0 Å². The molecule has 0 fully saturated rings. The fourth-order valence-corrected chi connectivity index (χ4v) is 6.29. The molecule has 0 unspecified atom stereocenters. The van der Waals surface area contributed by atoms with Crippen molar-refractivity contribution in [3.05, 3.63) is 60.2 Å². The quantitative estimate of drug-likeness (QED) is 0.0670. The fourth-order valence-electron chi connectivity index (χ4n) is 6.29. The van der Waals surface area contributed by atoms with Crippen LogP contribution in [-0.4, -0.2) is 0 Å². The van der Waals surface area contributed by atoms with Crippen LogP contribution in [0.2, 0.25) is 0 Å². The minimum atomic E-state index is 1.13. The maximum atomic E-state index is 2.42. The number of rotatable bonds is 29. The molecule has 2 aromatic heterocycles. The molecule has 0 aliphatic carbocycles. The van der Waals surface area contributed by atoms with E-state index >= 15 is 0 Å². The summed E-state index contributed by atoms with van der Waals surface area (Å²) in [6.45, 7) is 6.93. The van der Waals surface area contributed by atoms with Crippen LogP contribution in [-0.2, 0) is 25.9 Å². The van der Waals surface area contributed by atoms with Gasteiger partial charge in [-0.15, -0.1) is 0 Å². The molecule has 42 heavy (non-hydrogen) atoms. The molecule has 2 aromatic rings. The standard InChI is InChI=1S/C40H70N2/c1-3-5-7-9-11-13-15-17-19-21-23-25-33-41-35-27-29-39(37-41)31-32-40-30-28-36-42(38-40)34-26-24-22-20-18-16-14-12-10-8-6-4-2/h27-30,35-38H,3-26,31-34H2,1-2H3/q+2. The first-order valence-corrected chi connectivity index (χ1v) is 18.8. The number of pyridine rings is 2. The zero-order valence-corrected chi connectivity index (χ0v) is 28.3. The summed E-state index contributed by atoms with van der Waals surface area (Å²) in [4.78, 5) is 0. The highest BCUT2D eigenvalue weighted by atomic mass is 14.9. The normalized spacial score (nSPS) is 11.4. The van der Waals surface area contributed by atoms with Gasteiger partial charge in [-0.25, -0.2) is 9.13 Å². The minimum absolute atomic E-state index is 1.13. The van der Waals surface area contributed by atoms with Crippen LogP contribution < -0.4 is 9.13 Å². The monoisotopic (exact) mass is 579 g/mol. The lowest BCUT2D eigenvalue weighted by atomic mass is 10.1. The topological polar surface area (TPSA) is 7.76 Å². The van der Waals surface area contributed by atoms with Crippen molar-refractivity contribution in [2.75, 3.05) is 0 Å². The summed E-state index contributed by atoms with van der Waals surface area (Å²) in [5.41, 5.74) is 2.93. The molecule has 2 heteroatoms. The summed E-state index contributed by atoms with van der Waals surface area (Å²) >= 11 is 0. The highest BCUT2D eigenvalue weighted by molar-refractivity contribution is 5.11. The van der Waals surface area contributed by atoms with Crippen LogP contribution in [0.4, 0.5) is 0 Å². The largest absolute Gasteiger partial charge is 0.205 e. The third-order valence-corrected chi connectivity index (χ3v) is 9.08. The number of aryl methyl sites for hydroxylation is 4. The molecule has 2 heterocycles. The molecular formula is C40H70N2+2. The van der Waals surface area contributed by atoms with Crippen molar-refractivity contribution < 1.29 is 9.13 Å². The van der Waals surface area contributed by atoms with Crippen LogP contribution in [0, 0.1) is 0 Å². The molecule has 0 bridgehead atoms. The zero-order chi connectivity index (χ0) is 29.8. The van der Waals surface area contributed by atoms with E-state index in [1.54, 1.807) is 0 Å². The Morgan fingerprint density at radius 2 is 0.667 bits per heavy atom. The van der Waals surface area contributed by atoms with E-state index in [-0.39, 0.29) is 0 Å². The first kappa shape index (κ1) is 36.5. The van der Waals surface area contributed by atoms with Crippen LogP contribution in [0.15, 0.2) is 49.1 Å². The van der Waals surface area contributed by atoms with E-state index in [4.69, 9.17) is 0 Å². The molecule has 0 spiro atoms. The van der Waals surface area contributed by atoms with Crippen molar-refractivity contribution in [1.29, 1.82) is 0 Å². The van der Waals surface area contributed by atoms with Crippen LogP contribution in [0.3, 0.4) is 0 Å². The minimum Gasteiger partial charge on any atom is -0.205 e. The first-order valence-electron chi connectivity index (χ1n) is 18.8. The van der Waals surface area contributed by atoms with Gasteiger partial charge >= 0.3 is 0 Å². The van der Waals surface area contributed by atoms with Gasteiger partial charge in [-0.05, 0) is 37.8 Å². The number of nitrogens with zero attached hydrogens (tertiary/aromatic N) is 2. The Morgan fingerprint density at radius 1 is 0.381 bits per heavy atom. The van der Waals surface area contributed by atoms with Gasteiger partial charge in [-0.2, -0.15) is 0 Å². The van der Waals surface area contributed by atoms with Gasteiger partial charge in [-0.3, -0.25) is 0 Å². The van der Waals surface area contributed by atoms with Gasteiger partial charge < -0.3 is 0 Å². The number of unbranched alkanes of at least 4 members (excludes halogenated alkanes) is 22. The average molecular weight is 579 g/mol. The molecule has 0 atom stereocenters. The third kappa shape index (κ3) is 20.2. The molecule has 2 rings (SSSR count). The Hall–Kier alpha value is -1.70. The Kier molecular flexibility index (Phi) is 23.4. The predicted octanol–water partition coefficient (Wildman–Crippen LogP) is 11.4. The molecule has 0 saturated heterocycles. The van der Waals surface area contributed by atoms with E-state index in [0.717, 1.165) is 25.9 Å². The Bertz CT molecular complexity index is 789. The highest BCUT2D eigenvalue weighted by Crippen LogP contribution is 2.13. The third-order valence-electron chi connectivity index (χ3n) is 9.08. The number of hydrogen-bond acceptors (Lipinski definition) is 0. The van der Waals surface area contributed by atoms with E-state index in [0.29, 0.717) is 0 Å². The van der Waals surface area contributed by atoms with E-state index in [2.05, 4.69) is 72.0 Å². The molecule has 2 nitrogen and oxygen atoms in total. The Morgan fingerprint density at radius 3 is 0.976 bits per heavy atom. The Labute approximate surface area is 262 Å². The number of hydrogen-bond donors (Lipinski definition) is 0. The average Bonchev–Trinajstić information content (AvgIpc) is 3.01. The van der Waals surface area contributed by atoms with E-state index in [1.165, 1.54) is 165 Å². The highest BCUT2D eigenvalue weighted by Gasteiger charge is 2.07. The van der Waals surface area contributed by atoms with E-state index in [1.807, 2.05) is 0 Å². The van der Waals surface area contributed by atoms with E-state index in [9.17, 15) is 0 Å². The summed E-state index contributed by atoms with van der Waals surface area (Å²) < 4.78 is 4.84. The van der Waals surface area contributed by atoms with Gasteiger partial charge in [-0.1, -0.05) is 142 Å². The summed E-state index contributed by atoms with van der Waals surface area (Å²) in [6.07, 6.45) is 45.5. The fraction of sp³-hybridized carbons (Fsp3) is 0.750. The van der Waals surface area contributed by atoms with Gasteiger partial charge in [0.25, 0.3) is 0 Å². The molecule has 0 aliphatic rings. The van der Waals surface area contributed by atoms with Crippen molar-refractivity contribution in [2.24, 2.45) is 0 Å². The van der Waals surface area contributed by atoms with Gasteiger partial charge in [0, 0.05) is 36.1 Å². The van der Waals surface area contributed by atoms with Crippen molar-refractivity contribution in [3.8, 4) is 0 Å². The maximum absolute atomic E-state index is 2.42. The van der Waals surface area contributed by atoms with Crippen LogP contribution in [0.25, 0.3) is 0 Å². The maximum Gasteiger partial charge on any atom is 0.171 e. The molecule has 0 N–H and O–H groups in total. The molecule has 0 aliphatic heterocycles. The lowest BCUT2D eigenvalue weighted by molar-refractivity contribution is -0.698. The lowest BCUT2D eigenvalue weighted by Crippen LogP contribution is -2.33. The molecule has 238 valence electrons. The SMILES string of the molecule is CCCCCCCCCCCCCC[n+]1cccc(CCc2ccc[n+](CCCCCCCCCCCCCC)c2)c1. The lowest BCUT2D eigenvalue weighted by Gasteiger charge is -2.04. The van der Waals surface area contributed by atoms with Crippen LogP contribution >= 0.6 is 0 Å². The smallest absolute Gasteiger partial charge is 0.171 e. The van der Waals surface area contributed by atoms with Crippen molar-refractivity contribution >= 4 is 0 Å². The van der Waals surface area contributed by atoms with Crippen LogP contribution in [0.5, 0.6) is 0 Å². The Balaban J connectivity index is 1.50. The summed E-state index contributed by atoms with van der Waals surface area (Å²) in [6, 6.07) is 9.10. The molecule has 0 radical (unpaired) electrons. The zero-order valence-electron chi connectivity index (χ0n) is 28.3. The van der Waals surface area contributed by atoms with Gasteiger partial charge in [0.05, 0.1) is 0 Å². The van der Waals surface area contributed by atoms with Crippen molar-refractivity contribution in [3.63, 3.8) is 0 Å². The predicted molar refractivity (Wildman–Crippen MR) is 183 cm³/mol. The summed E-state index contributed by atoms with van der Waals surface area (Å²) in [5, 5.41) is 0. The van der Waals surface area contributed by atoms with Gasteiger partial charge in [0.1, 0.15) is 13.1 Å². The van der Waals surface area contributed by atoms with Gasteiger partial charge in [0.2, 0.25) is 0 Å². The number of aromatic nitrogens is 2. The van der Waals surface area contributed by atoms with Crippen molar-refractivity contribution in [1.82, 2.24) is 0 Å².